The first-order valence-electron chi connectivity index (χ1n) is 20.2. The Morgan fingerprint density at radius 2 is 1.20 bits per heavy atom. The first-order valence-corrected chi connectivity index (χ1v) is 20.2. The molecule has 0 radical (unpaired) electrons. The maximum absolute atomic E-state index is 12.8. The van der Waals surface area contributed by atoms with Crippen LogP contribution in [0.4, 0.5) is 0 Å². The van der Waals surface area contributed by atoms with E-state index in [1.54, 1.807) is 0 Å². The molecule has 0 bridgehead atoms. The van der Waals surface area contributed by atoms with Gasteiger partial charge in [0, 0.05) is 6.92 Å². The van der Waals surface area contributed by atoms with E-state index in [9.17, 15) is 55.2 Å². The molecule has 0 aromatic rings. The molecule has 2 aliphatic heterocycles. The van der Waals surface area contributed by atoms with Crippen LogP contribution in [-0.2, 0) is 42.8 Å². The molecule has 0 spiro atoms. The van der Waals surface area contributed by atoms with Gasteiger partial charge in [0.1, 0.15) is 49.3 Å². The number of carbonyl (C=O) groups is 3. The summed E-state index contributed by atoms with van der Waals surface area (Å²) in [5.74, 6) is -2.83. The molecule has 2 rings (SSSR count). The molecule has 0 unspecified atom stereocenters. The Morgan fingerprint density at radius 1 is 0.661 bits per heavy atom. The van der Waals surface area contributed by atoms with Crippen molar-refractivity contribution in [2.24, 2.45) is 0 Å². The Morgan fingerprint density at radius 3 is 1.77 bits per heavy atom. The van der Waals surface area contributed by atoms with Crippen molar-refractivity contribution in [1.29, 1.82) is 0 Å². The first kappa shape index (κ1) is 50.1. The van der Waals surface area contributed by atoms with Crippen molar-refractivity contribution in [2.75, 3.05) is 19.8 Å². The molecule has 2 fully saturated rings. The minimum absolute atomic E-state index is 0.250. The van der Waals surface area contributed by atoms with E-state index in [0.717, 1.165) is 77.6 Å². The summed E-state index contributed by atoms with van der Waals surface area (Å²) in [6, 6.07) is 0. The van der Waals surface area contributed by atoms with Crippen LogP contribution < -0.4 is 0 Å². The Kier molecular flexibility index (Phi) is 24.7. The number of esters is 2. The SMILES string of the molecule is CCCCC[C@H](O)CC(=O)O[C@H]1[C@H](O[C@H]2[C@H](O)[C@@H](O)[C@H](OC[C@@H](O)CCCCCCCCCCCC[C@@H](O)C(=O)O)O[C@@H]2COC(C)=O)O[C@H](CO)[C@@H](O)[C@@H]1O. The van der Waals surface area contributed by atoms with Crippen LogP contribution in [0.1, 0.15) is 123 Å². The normalized spacial score (nSPS) is 29.7. The molecule has 0 aliphatic carbocycles. The number of hydrogen-bond donors (Lipinski definition) is 9. The van der Waals surface area contributed by atoms with Crippen LogP contribution in [0.15, 0.2) is 0 Å². The van der Waals surface area contributed by atoms with E-state index in [0.29, 0.717) is 25.7 Å². The van der Waals surface area contributed by atoms with E-state index in [1.807, 2.05) is 6.92 Å². The zero-order chi connectivity index (χ0) is 41.6. The van der Waals surface area contributed by atoms with Gasteiger partial charge in [-0.05, 0) is 19.3 Å². The number of carboxylic acids is 1. The molecule has 18 nitrogen and oxygen atoms in total. The number of unbranched alkanes of at least 4 members (excludes halogenated alkanes) is 11. The zero-order valence-corrected chi connectivity index (χ0v) is 32.8. The van der Waals surface area contributed by atoms with E-state index in [-0.39, 0.29) is 13.0 Å². The third-order valence-corrected chi connectivity index (χ3v) is 10.0. The van der Waals surface area contributed by atoms with Crippen LogP contribution in [0, 0.1) is 0 Å². The topological polar surface area (TPSA) is 289 Å². The summed E-state index contributed by atoms with van der Waals surface area (Å²) in [4.78, 5) is 35.1. The molecule has 0 amide bonds. The number of carboxylic acid groups (broad SMARTS) is 1. The van der Waals surface area contributed by atoms with Crippen molar-refractivity contribution >= 4 is 17.9 Å². The number of aliphatic carboxylic acids is 1. The zero-order valence-electron chi connectivity index (χ0n) is 32.8. The number of aliphatic hydroxyl groups is 8. The lowest BCUT2D eigenvalue weighted by Crippen LogP contribution is -2.65. The molecule has 0 aromatic heterocycles. The summed E-state index contributed by atoms with van der Waals surface area (Å²) in [7, 11) is 0. The average Bonchev–Trinajstić information content (AvgIpc) is 3.15. The van der Waals surface area contributed by atoms with Crippen molar-refractivity contribution in [3.05, 3.63) is 0 Å². The van der Waals surface area contributed by atoms with Crippen LogP contribution in [0.5, 0.6) is 0 Å². The Hall–Kier alpha value is -2.07. The van der Waals surface area contributed by atoms with Crippen molar-refractivity contribution in [1.82, 2.24) is 0 Å². The molecule has 56 heavy (non-hydrogen) atoms. The highest BCUT2D eigenvalue weighted by Gasteiger charge is 2.52. The third-order valence-electron chi connectivity index (χ3n) is 10.0. The molecule has 0 aromatic carbocycles. The maximum Gasteiger partial charge on any atom is 0.332 e. The molecular formula is C38H68O18. The second-order valence-corrected chi connectivity index (χ2v) is 14.9. The van der Waals surface area contributed by atoms with Gasteiger partial charge in [0.15, 0.2) is 24.8 Å². The predicted octanol–water partition coefficient (Wildman–Crippen LogP) is 0.568. The minimum Gasteiger partial charge on any atom is -0.479 e. The fourth-order valence-corrected chi connectivity index (χ4v) is 6.66. The molecule has 9 N–H and O–H groups in total. The molecule has 2 saturated heterocycles. The smallest absolute Gasteiger partial charge is 0.332 e. The Bertz CT molecular complexity index is 1100. The number of aliphatic hydroxyl groups excluding tert-OH is 8. The van der Waals surface area contributed by atoms with E-state index in [4.69, 9.17) is 33.5 Å². The lowest BCUT2D eigenvalue weighted by molar-refractivity contribution is -0.361. The summed E-state index contributed by atoms with van der Waals surface area (Å²) in [5.41, 5.74) is 0. The van der Waals surface area contributed by atoms with E-state index in [1.165, 1.54) is 0 Å². The van der Waals surface area contributed by atoms with Gasteiger partial charge < -0.3 is 74.4 Å². The van der Waals surface area contributed by atoms with Gasteiger partial charge in [0.25, 0.3) is 0 Å². The second-order valence-electron chi connectivity index (χ2n) is 14.9. The number of hydrogen-bond acceptors (Lipinski definition) is 17. The van der Waals surface area contributed by atoms with Crippen molar-refractivity contribution in [3.63, 3.8) is 0 Å². The number of carbonyl (C=O) groups excluding carboxylic acids is 2. The lowest BCUT2D eigenvalue weighted by Gasteiger charge is -2.46. The summed E-state index contributed by atoms with van der Waals surface area (Å²) in [5, 5.41) is 92.1. The van der Waals surface area contributed by atoms with Crippen molar-refractivity contribution < 1.29 is 88.8 Å². The van der Waals surface area contributed by atoms with Gasteiger partial charge >= 0.3 is 17.9 Å². The van der Waals surface area contributed by atoms with Crippen LogP contribution >= 0.6 is 0 Å². The van der Waals surface area contributed by atoms with Gasteiger partial charge in [-0.1, -0.05) is 90.4 Å². The van der Waals surface area contributed by atoms with Crippen LogP contribution in [0.25, 0.3) is 0 Å². The van der Waals surface area contributed by atoms with Gasteiger partial charge in [-0.2, -0.15) is 0 Å². The largest absolute Gasteiger partial charge is 0.479 e. The average molecular weight is 813 g/mol. The first-order chi connectivity index (χ1) is 26.7. The minimum atomic E-state index is -1.83. The van der Waals surface area contributed by atoms with Crippen LogP contribution in [0.2, 0.25) is 0 Å². The van der Waals surface area contributed by atoms with Gasteiger partial charge in [-0.15, -0.1) is 0 Å². The van der Waals surface area contributed by atoms with E-state index < -0.39 is 117 Å². The van der Waals surface area contributed by atoms with Gasteiger partial charge in [0.05, 0.1) is 31.8 Å². The standard InChI is InChI=1S/C38H68O18/c1-3-4-13-16-24(41)19-29(44)55-35-31(46)30(45)27(20-39)53-38(35)56-34-28(22-51-23(2)40)54-37(33(48)32(34)47)52-21-25(42)17-14-11-9-7-5-6-8-10-12-15-18-26(43)36(49)50/h24-28,30-35,37-39,41-43,45-48H,3-22H2,1-2H3,(H,49,50)/t24-,25-,26+,27+,28+,30+,31-,32+,33+,34+,35+,37+,38-/m0/s1. The van der Waals surface area contributed by atoms with E-state index in [2.05, 4.69) is 0 Å². The highest BCUT2D eigenvalue weighted by atomic mass is 16.8. The maximum atomic E-state index is 12.8. The highest BCUT2D eigenvalue weighted by Crippen LogP contribution is 2.31. The molecule has 18 heteroatoms. The van der Waals surface area contributed by atoms with Gasteiger partial charge in [-0.3, -0.25) is 9.59 Å². The summed E-state index contributed by atoms with van der Waals surface area (Å²) in [6.45, 7) is 1.60. The molecule has 0 saturated carbocycles. The summed E-state index contributed by atoms with van der Waals surface area (Å²) < 4.78 is 33.5. The van der Waals surface area contributed by atoms with E-state index >= 15 is 0 Å². The number of rotatable bonds is 29. The number of ether oxygens (including phenoxy) is 6. The lowest BCUT2D eigenvalue weighted by atomic mass is 9.96. The molecular weight excluding hydrogens is 744 g/mol. The molecule has 2 heterocycles. The van der Waals surface area contributed by atoms with Gasteiger partial charge in [-0.25, -0.2) is 4.79 Å². The summed E-state index contributed by atoms with van der Waals surface area (Å²) >= 11 is 0. The third kappa shape index (κ3) is 18.2. The fraction of sp³-hybridized carbons (Fsp3) is 0.921. The second kappa shape index (κ2) is 27.6. The summed E-state index contributed by atoms with van der Waals surface area (Å²) in [6.07, 6.45) is -7.18. The van der Waals surface area contributed by atoms with Crippen LogP contribution in [-0.4, -0.2) is 163 Å². The monoisotopic (exact) mass is 812 g/mol. The van der Waals surface area contributed by atoms with Gasteiger partial charge in [0.2, 0.25) is 0 Å². The van der Waals surface area contributed by atoms with Crippen LogP contribution in [0.3, 0.4) is 0 Å². The molecule has 13 atom stereocenters. The predicted molar refractivity (Wildman–Crippen MR) is 196 cm³/mol. The van der Waals surface area contributed by atoms with Crippen molar-refractivity contribution in [2.45, 2.75) is 203 Å². The molecule has 2 aliphatic rings. The Balaban J connectivity index is 1.89. The molecule has 328 valence electrons. The highest BCUT2D eigenvalue weighted by molar-refractivity contribution is 5.71. The quantitative estimate of drug-likeness (QED) is 0.0369. The fourth-order valence-electron chi connectivity index (χ4n) is 6.66. The Labute approximate surface area is 329 Å². The van der Waals surface area contributed by atoms with Crippen molar-refractivity contribution in [3.8, 4) is 0 Å².